The number of carbonyl (C=O) groups is 1. The minimum Gasteiger partial charge on any atom is -0.508 e. The minimum absolute atomic E-state index is 0.319. The van der Waals surface area contributed by atoms with E-state index in [0.717, 1.165) is 57.8 Å². The molecule has 2 rings (SSSR count). The number of nitrogens with zero attached hydrogens (tertiary/aromatic N) is 2. The summed E-state index contributed by atoms with van der Waals surface area (Å²) in [6.07, 6.45) is 1.74. The van der Waals surface area contributed by atoms with Crippen LogP contribution < -0.4 is 10.2 Å². The van der Waals surface area contributed by atoms with Gasteiger partial charge in [-0.25, -0.2) is 0 Å². The molecule has 0 saturated carbocycles. The first-order chi connectivity index (χ1) is 10.3. The zero-order valence-electron chi connectivity index (χ0n) is 13.1. The third-order valence-electron chi connectivity index (χ3n) is 3.45. The first-order valence-corrected chi connectivity index (χ1v) is 7.73. The van der Waals surface area contributed by atoms with Crippen molar-refractivity contribution in [2.75, 3.05) is 44.2 Å². The van der Waals surface area contributed by atoms with Crippen LogP contribution in [0.3, 0.4) is 0 Å². The van der Waals surface area contributed by atoms with Crippen molar-refractivity contribution in [2.24, 2.45) is 0 Å². The SMILES string of the molecule is CC.O=CNCCCN1CCN(c2cccc(O)c2)CC1. The highest BCUT2D eigenvalue weighted by atomic mass is 16.3. The molecule has 0 radical (unpaired) electrons. The molecular weight excluding hydrogens is 266 g/mol. The predicted octanol–water partition coefficient (Wildman–Crippen LogP) is 1.68. The molecule has 0 atom stereocenters. The van der Waals surface area contributed by atoms with Crippen LogP contribution in [0.2, 0.25) is 0 Å². The third kappa shape index (κ3) is 6.04. The Morgan fingerprint density at radius 2 is 1.95 bits per heavy atom. The largest absolute Gasteiger partial charge is 0.508 e. The Kier molecular flexibility index (Phi) is 8.28. The lowest BCUT2D eigenvalue weighted by molar-refractivity contribution is -0.109. The first kappa shape index (κ1) is 17.3. The lowest BCUT2D eigenvalue weighted by Gasteiger charge is -2.36. The van der Waals surface area contributed by atoms with Gasteiger partial charge in [0.05, 0.1) is 0 Å². The average Bonchev–Trinajstić information content (AvgIpc) is 2.54. The molecule has 0 spiro atoms. The molecule has 1 fully saturated rings. The molecule has 118 valence electrons. The van der Waals surface area contributed by atoms with Gasteiger partial charge in [0.25, 0.3) is 0 Å². The number of aromatic hydroxyl groups is 1. The molecule has 0 aromatic heterocycles. The summed E-state index contributed by atoms with van der Waals surface area (Å²) in [7, 11) is 0. The summed E-state index contributed by atoms with van der Waals surface area (Å²) in [6.45, 7) is 9.77. The Morgan fingerprint density at radius 3 is 2.57 bits per heavy atom. The highest BCUT2D eigenvalue weighted by Crippen LogP contribution is 2.21. The Morgan fingerprint density at radius 1 is 1.24 bits per heavy atom. The number of carbonyl (C=O) groups excluding carboxylic acids is 1. The molecule has 21 heavy (non-hydrogen) atoms. The second-order valence-electron chi connectivity index (χ2n) is 4.77. The molecule has 5 nitrogen and oxygen atoms in total. The summed E-state index contributed by atoms with van der Waals surface area (Å²) in [5.74, 6) is 0.319. The predicted molar refractivity (Wildman–Crippen MR) is 86.8 cm³/mol. The number of hydrogen-bond acceptors (Lipinski definition) is 4. The number of phenols is 1. The normalized spacial score (nSPS) is 15.0. The number of amides is 1. The lowest BCUT2D eigenvalue weighted by atomic mass is 10.2. The molecule has 1 aromatic carbocycles. The molecule has 1 saturated heterocycles. The molecule has 0 aliphatic carbocycles. The van der Waals surface area contributed by atoms with Gasteiger partial charge in [-0.1, -0.05) is 19.9 Å². The van der Waals surface area contributed by atoms with E-state index in [2.05, 4.69) is 15.1 Å². The molecule has 5 heteroatoms. The number of benzene rings is 1. The van der Waals surface area contributed by atoms with E-state index in [1.807, 2.05) is 32.0 Å². The van der Waals surface area contributed by atoms with E-state index in [-0.39, 0.29) is 0 Å². The summed E-state index contributed by atoms with van der Waals surface area (Å²) in [5.41, 5.74) is 1.09. The smallest absolute Gasteiger partial charge is 0.207 e. The molecule has 1 aliphatic heterocycles. The number of nitrogens with one attached hydrogen (secondary N) is 1. The van der Waals surface area contributed by atoms with Gasteiger partial charge in [-0.2, -0.15) is 0 Å². The van der Waals surface area contributed by atoms with Crippen LogP contribution >= 0.6 is 0 Å². The number of piperazine rings is 1. The number of anilines is 1. The zero-order chi connectivity index (χ0) is 15.5. The summed E-state index contributed by atoms with van der Waals surface area (Å²) >= 11 is 0. The van der Waals surface area contributed by atoms with Gasteiger partial charge in [-0.05, 0) is 25.1 Å². The van der Waals surface area contributed by atoms with Crippen molar-refractivity contribution in [3.63, 3.8) is 0 Å². The summed E-state index contributed by atoms with van der Waals surface area (Å²) in [5, 5.41) is 12.2. The van der Waals surface area contributed by atoms with Crippen LogP contribution in [0, 0.1) is 0 Å². The van der Waals surface area contributed by atoms with Gasteiger partial charge in [0, 0.05) is 44.5 Å². The van der Waals surface area contributed by atoms with Gasteiger partial charge in [0.15, 0.2) is 0 Å². The Hall–Kier alpha value is -1.75. The Bertz CT molecular complexity index is 404. The molecule has 1 amide bonds. The molecule has 2 N–H and O–H groups in total. The Balaban J connectivity index is 0.00000106. The van der Waals surface area contributed by atoms with E-state index in [1.54, 1.807) is 6.07 Å². The van der Waals surface area contributed by atoms with E-state index in [4.69, 9.17) is 0 Å². The summed E-state index contributed by atoms with van der Waals surface area (Å²) in [6, 6.07) is 7.41. The topological polar surface area (TPSA) is 55.8 Å². The second-order valence-corrected chi connectivity index (χ2v) is 4.77. The minimum atomic E-state index is 0.319. The second kappa shape index (κ2) is 10.0. The third-order valence-corrected chi connectivity index (χ3v) is 3.45. The van der Waals surface area contributed by atoms with Gasteiger partial charge in [0.2, 0.25) is 6.41 Å². The molecule has 1 aliphatic rings. The van der Waals surface area contributed by atoms with Crippen LogP contribution in [0.1, 0.15) is 20.3 Å². The van der Waals surface area contributed by atoms with Gasteiger partial charge in [-0.15, -0.1) is 0 Å². The number of hydrogen-bond donors (Lipinski definition) is 2. The van der Waals surface area contributed by atoms with Crippen LogP contribution in [-0.4, -0.2) is 55.7 Å². The van der Waals surface area contributed by atoms with Crippen molar-refractivity contribution < 1.29 is 9.90 Å². The van der Waals surface area contributed by atoms with E-state index >= 15 is 0 Å². The van der Waals surface area contributed by atoms with Crippen molar-refractivity contribution in [2.45, 2.75) is 20.3 Å². The molecule has 0 bridgehead atoms. The van der Waals surface area contributed by atoms with Gasteiger partial charge >= 0.3 is 0 Å². The van der Waals surface area contributed by atoms with Crippen molar-refractivity contribution in [1.29, 1.82) is 0 Å². The summed E-state index contributed by atoms with van der Waals surface area (Å²) in [4.78, 5) is 14.8. The first-order valence-electron chi connectivity index (χ1n) is 7.73. The maximum Gasteiger partial charge on any atom is 0.207 e. The van der Waals surface area contributed by atoms with Crippen molar-refractivity contribution >= 4 is 12.1 Å². The van der Waals surface area contributed by atoms with Crippen LogP contribution in [0.15, 0.2) is 24.3 Å². The van der Waals surface area contributed by atoms with Crippen LogP contribution in [-0.2, 0) is 4.79 Å². The maximum atomic E-state index is 10.1. The number of phenolic OH excluding ortho intramolecular Hbond substituents is 1. The molecule has 1 aromatic rings. The Labute approximate surface area is 127 Å². The average molecular weight is 293 g/mol. The van der Waals surface area contributed by atoms with Crippen molar-refractivity contribution in [1.82, 2.24) is 10.2 Å². The van der Waals surface area contributed by atoms with Crippen molar-refractivity contribution in [3.8, 4) is 5.75 Å². The number of rotatable bonds is 6. The standard InChI is InChI=1S/C14H21N3O2.C2H6/c18-12-15-5-2-6-16-7-9-17(10-8-16)13-3-1-4-14(19)11-13;1-2/h1,3-4,11-12,19H,2,5-10H2,(H,15,18);1-2H3. The van der Waals surface area contributed by atoms with Crippen LogP contribution in [0.4, 0.5) is 5.69 Å². The highest BCUT2D eigenvalue weighted by Gasteiger charge is 2.16. The molecule has 0 unspecified atom stereocenters. The zero-order valence-corrected chi connectivity index (χ0v) is 13.1. The van der Waals surface area contributed by atoms with E-state index in [0.29, 0.717) is 5.75 Å². The van der Waals surface area contributed by atoms with Gasteiger partial charge < -0.3 is 15.3 Å². The lowest BCUT2D eigenvalue weighted by Crippen LogP contribution is -2.46. The molecular formula is C16H27N3O2. The van der Waals surface area contributed by atoms with Crippen molar-refractivity contribution in [3.05, 3.63) is 24.3 Å². The quantitative estimate of drug-likeness (QED) is 0.619. The fraction of sp³-hybridized carbons (Fsp3) is 0.562. The van der Waals surface area contributed by atoms with Crippen LogP contribution in [0.5, 0.6) is 5.75 Å². The highest BCUT2D eigenvalue weighted by molar-refractivity contribution is 5.50. The summed E-state index contributed by atoms with van der Waals surface area (Å²) < 4.78 is 0. The fourth-order valence-corrected chi connectivity index (χ4v) is 2.38. The van der Waals surface area contributed by atoms with E-state index in [1.165, 1.54) is 0 Å². The fourth-order valence-electron chi connectivity index (χ4n) is 2.38. The van der Waals surface area contributed by atoms with Crippen LogP contribution in [0.25, 0.3) is 0 Å². The maximum absolute atomic E-state index is 10.1. The van der Waals surface area contributed by atoms with Gasteiger partial charge in [-0.3, -0.25) is 9.69 Å². The van der Waals surface area contributed by atoms with Gasteiger partial charge in [0.1, 0.15) is 5.75 Å². The van der Waals surface area contributed by atoms with E-state index < -0.39 is 0 Å². The van der Waals surface area contributed by atoms with E-state index in [9.17, 15) is 9.90 Å². The monoisotopic (exact) mass is 293 g/mol. The molecule has 1 heterocycles.